The van der Waals surface area contributed by atoms with Crippen molar-refractivity contribution in [2.75, 3.05) is 13.2 Å². The molecule has 4 nitrogen and oxygen atoms in total. The SMILES string of the molecule is CCOC(=O)C1(c2ccccc2)CC(OC(C)C)CO1. The van der Waals surface area contributed by atoms with Crippen LogP contribution in [0.2, 0.25) is 0 Å². The first-order valence-electron chi connectivity index (χ1n) is 7.10. The van der Waals surface area contributed by atoms with Gasteiger partial charge >= 0.3 is 5.97 Å². The second-order valence-corrected chi connectivity index (χ2v) is 5.24. The monoisotopic (exact) mass is 278 g/mol. The molecule has 2 atom stereocenters. The lowest BCUT2D eigenvalue weighted by molar-refractivity contribution is -0.168. The van der Waals surface area contributed by atoms with E-state index in [0.29, 0.717) is 19.6 Å². The van der Waals surface area contributed by atoms with Crippen LogP contribution in [0.3, 0.4) is 0 Å². The van der Waals surface area contributed by atoms with Gasteiger partial charge in [-0.1, -0.05) is 30.3 Å². The van der Waals surface area contributed by atoms with Crippen LogP contribution >= 0.6 is 0 Å². The first kappa shape index (κ1) is 15.0. The van der Waals surface area contributed by atoms with Crippen LogP contribution in [-0.2, 0) is 24.6 Å². The van der Waals surface area contributed by atoms with Gasteiger partial charge in [-0.3, -0.25) is 0 Å². The molecule has 1 aliphatic heterocycles. The van der Waals surface area contributed by atoms with Crippen LogP contribution in [0.5, 0.6) is 0 Å². The predicted octanol–water partition coefficient (Wildman–Crippen LogP) is 2.66. The summed E-state index contributed by atoms with van der Waals surface area (Å²) in [6, 6.07) is 9.51. The van der Waals surface area contributed by atoms with E-state index in [-0.39, 0.29) is 18.2 Å². The first-order valence-corrected chi connectivity index (χ1v) is 7.10. The van der Waals surface area contributed by atoms with Crippen LogP contribution in [0.4, 0.5) is 0 Å². The van der Waals surface area contributed by atoms with Crippen molar-refractivity contribution < 1.29 is 19.0 Å². The summed E-state index contributed by atoms with van der Waals surface area (Å²) < 4.78 is 16.9. The van der Waals surface area contributed by atoms with E-state index >= 15 is 0 Å². The van der Waals surface area contributed by atoms with Crippen LogP contribution < -0.4 is 0 Å². The average molecular weight is 278 g/mol. The lowest BCUT2D eigenvalue weighted by Crippen LogP contribution is -2.37. The summed E-state index contributed by atoms with van der Waals surface area (Å²) in [5.74, 6) is -0.332. The van der Waals surface area contributed by atoms with Crippen molar-refractivity contribution in [2.24, 2.45) is 0 Å². The topological polar surface area (TPSA) is 44.8 Å². The Morgan fingerprint density at radius 2 is 2.10 bits per heavy atom. The Balaban J connectivity index is 2.25. The minimum atomic E-state index is -1.03. The maximum atomic E-state index is 12.4. The van der Waals surface area contributed by atoms with Gasteiger partial charge in [0.2, 0.25) is 0 Å². The van der Waals surface area contributed by atoms with Crippen LogP contribution in [0.25, 0.3) is 0 Å². The molecule has 1 fully saturated rings. The van der Waals surface area contributed by atoms with Gasteiger partial charge < -0.3 is 14.2 Å². The van der Waals surface area contributed by atoms with Crippen molar-refractivity contribution in [3.63, 3.8) is 0 Å². The maximum absolute atomic E-state index is 12.4. The second kappa shape index (κ2) is 6.37. The molecule has 4 heteroatoms. The Kier molecular flexibility index (Phi) is 4.78. The molecule has 0 radical (unpaired) electrons. The highest BCUT2D eigenvalue weighted by Crippen LogP contribution is 2.38. The Morgan fingerprint density at radius 3 is 2.70 bits per heavy atom. The van der Waals surface area contributed by atoms with E-state index in [1.807, 2.05) is 44.2 Å². The molecule has 0 amide bonds. The van der Waals surface area contributed by atoms with Gasteiger partial charge in [0, 0.05) is 6.42 Å². The highest BCUT2D eigenvalue weighted by molar-refractivity contribution is 5.82. The molecule has 1 aromatic rings. The summed E-state index contributed by atoms with van der Waals surface area (Å²) in [4.78, 5) is 12.4. The summed E-state index contributed by atoms with van der Waals surface area (Å²) in [6.07, 6.45) is 0.519. The number of esters is 1. The van der Waals surface area contributed by atoms with Gasteiger partial charge in [-0.05, 0) is 26.3 Å². The smallest absolute Gasteiger partial charge is 0.343 e. The van der Waals surface area contributed by atoms with Gasteiger partial charge in [-0.2, -0.15) is 0 Å². The van der Waals surface area contributed by atoms with Gasteiger partial charge in [0.05, 0.1) is 25.4 Å². The standard InChI is InChI=1S/C16H22O4/c1-4-18-15(17)16(13-8-6-5-7-9-13)10-14(11-19-16)20-12(2)3/h5-9,12,14H,4,10-11H2,1-3H3. The van der Waals surface area contributed by atoms with Gasteiger partial charge in [0.15, 0.2) is 5.60 Å². The third-order valence-corrected chi connectivity index (χ3v) is 3.34. The van der Waals surface area contributed by atoms with Crippen LogP contribution in [0.15, 0.2) is 30.3 Å². The third-order valence-electron chi connectivity index (χ3n) is 3.34. The van der Waals surface area contributed by atoms with Crippen molar-refractivity contribution in [3.8, 4) is 0 Å². The summed E-state index contributed by atoms with van der Waals surface area (Å²) >= 11 is 0. The molecule has 0 N–H and O–H groups in total. The molecule has 0 spiro atoms. The molecular weight excluding hydrogens is 256 g/mol. The minimum absolute atomic E-state index is 0.0837. The Morgan fingerprint density at radius 1 is 1.40 bits per heavy atom. The minimum Gasteiger partial charge on any atom is -0.464 e. The zero-order valence-corrected chi connectivity index (χ0v) is 12.3. The molecule has 0 aromatic heterocycles. The number of carbonyl (C=O) groups is 1. The van der Waals surface area contributed by atoms with E-state index in [2.05, 4.69) is 0 Å². The highest BCUT2D eigenvalue weighted by atomic mass is 16.6. The quantitative estimate of drug-likeness (QED) is 0.777. The van der Waals surface area contributed by atoms with Crippen molar-refractivity contribution >= 4 is 5.97 Å². The second-order valence-electron chi connectivity index (χ2n) is 5.24. The van der Waals surface area contributed by atoms with Gasteiger partial charge in [-0.25, -0.2) is 4.79 Å². The van der Waals surface area contributed by atoms with E-state index in [1.54, 1.807) is 6.92 Å². The zero-order valence-electron chi connectivity index (χ0n) is 12.3. The van der Waals surface area contributed by atoms with Crippen LogP contribution in [0, 0.1) is 0 Å². The Bertz CT molecular complexity index is 443. The summed E-state index contributed by atoms with van der Waals surface area (Å²) in [5, 5.41) is 0. The van der Waals surface area contributed by atoms with E-state index in [9.17, 15) is 4.79 Å². The molecule has 0 bridgehead atoms. The van der Waals surface area contributed by atoms with Crippen LogP contribution in [0.1, 0.15) is 32.8 Å². The number of benzene rings is 1. The number of hydrogen-bond acceptors (Lipinski definition) is 4. The number of hydrogen-bond donors (Lipinski definition) is 0. The molecule has 2 rings (SSSR count). The molecule has 1 saturated heterocycles. The molecule has 1 aromatic carbocycles. The maximum Gasteiger partial charge on any atom is 0.343 e. The van der Waals surface area contributed by atoms with E-state index in [1.165, 1.54) is 0 Å². The third kappa shape index (κ3) is 3.02. The molecule has 1 heterocycles. The fraction of sp³-hybridized carbons (Fsp3) is 0.562. The number of rotatable bonds is 5. The fourth-order valence-electron chi connectivity index (χ4n) is 2.56. The van der Waals surface area contributed by atoms with Gasteiger partial charge in [0.1, 0.15) is 0 Å². The largest absolute Gasteiger partial charge is 0.464 e. The predicted molar refractivity (Wildman–Crippen MR) is 75.3 cm³/mol. The van der Waals surface area contributed by atoms with Crippen molar-refractivity contribution in [1.82, 2.24) is 0 Å². The summed E-state index contributed by atoms with van der Waals surface area (Å²) in [7, 11) is 0. The molecule has 0 saturated carbocycles. The molecule has 20 heavy (non-hydrogen) atoms. The lowest BCUT2D eigenvalue weighted by Gasteiger charge is -2.26. The molecule has 2 unspecified atom stereocenters. The first-order chi connectivity index (χ1) is 9.58. The summed E-state index contributed by atoms with van der Waals surface area (Å²) in [6.45, 7) is 6.51. The number of carbonyl (C=O) groups excluding carboxylic acids is 1. The zero-order chi connectivity index (χ0) is 14.6. The van der Waals surface area contributed by atoms with Crippen molar-refractivity contribution in [1.29, 1.82) is 0 Å². The Labute approximate surface area is 120 Å². The van der Waals surface area contributed by atoms with Crippen molar-refractivity contribution in [2.45, 2.75) is 45.0 Å². The molecule has 1 aliphatic rings. The van der Waals surface area contributed by atoms with E-state index < -0.39 is 5.60 Å². The number of ether oxygens (including phenoxy) is 3. The Hall–Kier alpha value is -1.39. The average Bonchev–Trinajstić information content (AvgIpc) is 2.84. The lowest BCUT2D eigenvalue weighted by atomic mass is 9.90. The molecule has 0 aliphatic carbocycles. The summed E-state index contributed by atoms with van der Waals surface area (Å²) in [5.41, 5.74) is -0.204. The van der Waals surface area contributed by atoms with Gasteiger partial charge in [-0.15, -0.1) is 0 Å². The highest BCUT2D eigenvalue weighted by Gasteiger charge is 2.50. The normalized spacial score (nSPS) is 25.9. The molecular formula is C16H22O4. The fourth-order valence-corrected chi connectivity index (χ4v) is 2.56. The van der Waals surface area contributed by atoms with E-state index in [0.717, 1.165) is 5.56 Å². The van der Waals surface area contributed by atoms with E-state index in [4.69, 9.17) is 14.2 Å². The molecule has 110 valence electrons. The van der Waals surface area contributed by atoms with Crippen molar-refractivity contribution in [3.05, 3.63) is 35.9 Å². The van der Waals surface area contributed by atoms with Crippen LogP contribution in [-0.4, -0.2) is 31.4 Å². The van der Waals surface area contributed by atoms with Gasteiger partial charge in [0.25, 0.3) is 0 Å².